The monoisotopic (exact) mass is 302 g/mol. The van der Waals surface area contributed by atoms with E-state index in [0.29, 0.717) is 18.0 Å². The van der Waals surface area contributed by atoms with Crippen molar-refractivity contribution in [1.82, 2.24) is 0 Å². The highest BCUT2D eigenvalue weighted by Gasteiger charge is 2.13. The summed E-state index contributed by atoms with van der Waals surface area (Å²) in [4.78, 5) is 0. The summed E-state index contributed by atoms with van der Waals surface area (Å²) < 4.78 is 26.7. The molecule has 6 heteroatoms. The van der Waals surface area contributed by atoms with Gasteiger partial charge in [-0.05, 0) is 31.9 Å². The highest BCUT2D eigenvalue weighted by Crippen LogP contribution is 2.23. The maximum atomic E-state index is 12.0. The lowest BCUT2D eigenvalue weighted by atomic mass is 10.1. The Morgan fingerprint density at radius 2 is 1.74 bits per heavy atom. The van der Waals surface area contributed by atoms with Crippen LogP contribution in [-0.2, 0) is 10.0 Å². The second-order valence-corrected chi connectivity index (χ2v) is 7.66. The fourth-order valence-electron chi connectivity index (χ4n) is 1.90. The van der Waals surface area contributed by atoms with E-state index >= 15 is 0 Å². The summed E-state index contributed by atoms with van der Waals surface area (Å²) in [7, 11) is -3.28. The van der Waals surface area contributed by atoms with Crippen molar-refractivity contribution in [3.63, 3.8) is 0 Å². The van der Waals surface area contributed by atoms with Crippen molar-refractivity contribution < 1.29 is 8.42 Å². The molecule has 0 unspecified atom stereocenters. The molecule has 0 saturated heterocycles. The van der Waals surface area contributed by atoms with Crippen LogP contribution < -0.4 is 10.5 Å². The zero-order valence-corrected chi connectivity index (χ0v) is 13.3. The minimum atomic E-state index is -3.28. The number of nitrogens with one attached hydrogen (secondary N) is 1. The standard InChI is InChI=1S/C13H22N2O2S2/c1-10-8-11(2)13(12(3)9-10)15-19(16,17)7-6-18-5-4-14/h8-9,15H,4-7,14H2,1-3H3. The van der Waals surface area contributed by atoms with Gasteiger partial charge in [-0.1, -0.05) is 17.7 Å². The van der Waals surface area contributed by atoms with Crippen LogP contribution in [0.25, 0.3) is 0 Å². The van der Waals surface area contributed by atoms with Gasteiger partial charge in [-0.3, -0.25) is 4.72 Å². The summed E-state index contributed by atoms with van der Waals surface area (Å²) in [5.41, 5.74) is 9.12. The van der Waals surface area contributed by atoms with Gasteiger partial charge in [0.2, 0.25) is 10.0 Å². The van der Waals surface area contributed by atoms with Crippen molar-refractivity contribution >= 4 is 27.5 Å². The number of hydrogen-bond donors (Lipinski definition) is 2. The topological polar surface area (TPSA) is 72.2 Å². The number of thioether (sulfide) groups is 1. The molecule has 0 radical (unpaired) electrons. The molecule has 0 saturated carbocycles. The van der Waals surface area contributed by atoms with Crippen molar-refractivity contribution in [3.8, 4) is 0 Å². The average molecular weight is 302 g/mol. The van der Waals surface area contributed by atoms with Gasteiger partial charge in [0.1, 0.15) is 0 Å². The smallest absolute Gasteiger partial charge is 0.233 e. The molecule has 0 aliphatic heterocycles. The van der Waals surface area contributed by atoms with E-state index in [0.717, 1.165) is 22.4 Å². The number of anilines is 1. The van der Waals surface area contributed by atoms with E-state index in [4.69, 9.17) is 5.73 Å². The number of rotatable bonds is 7. The van der Waals surface area contributed by atoms with E-state index in [1.807, 2.05) is 32.9 Å². The lowest BCUT2D eigenvalue weighted by molar-refractivity contribution is 0.602. The fourth-order valence-corrected chi connectivity index (χ4v) is 4.36. The van der Waals surface area contributed by atoms with Crippen molar-refractivity contribution in [1.29, 1.82) is 0 Å². The number of nitrogens with two attached hydrogens (primary N) is 1. The van der Waals surface area contributed by atoms with E-state index in [9.17, 15) is 8.42 Å². The Kier molecular flexibility index (Phi) is 6.16. The zero-order valence-electron chi connectivity index (χ0n) is 11.7. The molecule has 0 heterocycles. The van der Waals surface area contributed by atoms with Gasteiger partial charge >= 0.3 is 0 Å². The Balaban J connectivity index is 2.73. The van der Waals surface area contributed by atoms with Crippen molar-refractivity contribution in [3.05, 3.63) is 28.8 Å². The SMILES string of the molecule is Cc1cc(C)c(NS(=O)(=O)CCSCCN)c(C)c1. The van der Waals surface area contributed by atoms with Gasteiger partial charge in [-0.15, -0.1) is 0 Å². The van der Waals surface area contributed by atoms with Crippen LogP contribution in [0.4, 0.5) is 5.69 Å². The van der Waals surface area contributed by atoms with Crippen molar-refractivity contribution in [2.75, 3.05) is 28.5 Å². The third-order valence-corrected chi connectivity index (χ3v) is 5.23. The highest BCUT2D eigenvalue weighted by molar-refractivity contribution is 8.00. The van der Waals surface area contributed by atoms with Crippen molar-refractivity contribution in [2.45, 2.75) is 20.8 Å². The first kappa shape index (κ1) is 16.3. The first-order valence-electron chi connectivity index (χ1n) is 6.22. The largest absolute Gasteiger partial charge is 0.330 e. The second kappa shape index (κ2) is 7.17. The first-order chi connectivity index (χ1) is 8.85. The zero-order chi connectivity index (χ0) is 14.5. The van der Waals surface area contributed by atoms with Gasteiger partial charge in [0.05, 0.1) is 11.4 Å². The van der Waals surface area contributed by atoms with E-state index in [-0.39, 0.29) is 5.75 Å². The molecule has 3 N–H and O–H groups in total. The Bertz CT molecular complexity index is 504. The second-order valence-electron chi connectivity index (χ2n) is 4.60. The van der Waals surface area contributed by atoms with Crippen LogP contribution in [0.3, 0.4) is 0 Å². The predicted molar refractivity (Wildman–Crippen MR) is 84.4 cm³/mol. The summed E-state index contributed by atoms with van der Waals surface area (Å²) in [5, 5.41) is 0. The van der Waals surface area contributed by atoms with Crippen LogP contribution in [0.1, 0.15) is 16.7 Å². The van der Waals surface area contributed by atoms with Gasteiger partial charge in [0.15, 0.2) is 0 Å². The van der Waals surface area contributed by atoms with Crippen LogP contribution in [-0.4, -0.2) is 32.2 Å². The number of aryl methyl sites for hydroxylation is 3. The number of hydrogen-bond acceptors (Lipinski definition) is 4. The third kappa shape index (κ3) is 5.42. The normalized spacial score (nSPS) is 11.6. The minimum absolute atomic E-state index is 0.115. The number of sulfonamides is 1. The molecule has 1 aromatic rings. The molecule has 1 aromatic carbocycles. The van der Waals surface area contributed by atoms with E-state index in [2.05, 4.69) is 4.72 Å². The average Bonchev–Trinajstić information content (AvgIpc) is 2.29. The van der Waals surface area contributed by atoms with Crippen LogP contribution >= 0.6 is 11.8 Å². The number of benzene rings is 1. The molecule has 1 rings (SSSR count). The Labute approximate surface area is 120 Å². The summed E-state index contributed by atoms with van der Waals surface area (Å²) >= 11 is 1.56. The first-order valence-corrected chi connectivity index (χ1v) is 9.02. The van der Waals surface area contributed by atoms with Crippen LogP contribution in [0.15, 0.2) is 12.1 Å². The molecular weight excluding hydrogens is 280 g/mol. The maximum Gasteiger partial charge on any atom is 0.233 e. The van der Waals surface area contributed by atoms with E-state index in [1.54, 1.807) is 11.8 Å². The summed E-state index contributed by atoms with van der Waals surface area (Å²) in [6.45, 7) is 6.41. The molecule has 19 heavy (non-hydrogen) atoms. The quantitative estimate of drug-likeness (QED) is 0.756. The van der Waals surface area contributed by atoms with Crippen LogP contribution in [0.2, 0.25) is 0 Å². The third-order valence-electron chi connectivity index (χ3n) is 2.69. The molecule has 0 amide bonds. The summed E-state index contributed by atoms with van der Waals surface area (Å²) in [6.07, 6.45) is 0. The molecular formula is C13H22N2O2S2. The van der Waals surface area contributed by atoms with Gasteiger partial charge in [-0.25, -0.2) is 8.42 Å². The Morgan fingerprint density at radius 1 is 1.16 bits per heavy atom. The van der Waals surface area contributed by atoms with Gasteiger partial charge in [0, 0.05) is 18.1 Å². The Hall–Kier alpha value is -0.720. The van der Waals surface area contributed by atoms with Gasteiger partial charge in [0.25, 0.3) is 0 Å². The Morgan fingerprint density at radius 3 is 2.26 bits per heavy atom. The van der Waals surface area contributed by atoms with E-state index < -0.39 is 10.0 Å². The molecule has 4 nitrogen and oxygen atoms in total. The van der Waals surface area contributed by atoms with Gasteiger partial charge < -0.3 is 5.73 Å². The molecule has 0 aliphatic carbocycles. The molecule has 0 bridgehead atoms. The summed E-state index contributed by atoms with van der Waals surface area (Å²) in [5.74, 6) is 1.47. The predicted octanol–water partition coefficient (Wildman–Crippen LogP) is 2.05. The molecule has 0 atom stereocenters. The summed E-state index contributed by atoms with van der Waals surface area (Å²) in [6, 6.07) is 3.96. The van der Waals surface area contributed by atoms with Crippen LogP contribution in [0, 0.1) is 20.8 Å². The molecule has 0 fully saturated rings. The maximum absolute atomic E-state index is 12.0. The molecule has 0 aliphatic rings. The fraction of sp³-hybridized carbons (Fsp3) is 0.538. The van der Waals surface area contributed by atoms with Crippen LogP contribution in [0.5, 0.6) is 0 Å². The molecule has 108 valence electrons. The minimum Gasteiger partial charge on any atom is -0.330 e. The lowest BCUT2D eigenvalue weighted by Gasteiger charge is -2.14. The highest BCUT2D eigenvalue weighted by atomic mass is 32.2. The molecule has 0 spiro atoms. The lowest BCUT2D eigenvalue weighted by Crippen LogP contribution is -2.20. The van der Waals surface area contributed by atoms with Gasteiger partial charge in [-0.2, -0.15) is 11.8 Å². The van der Waals surface area contributed by atoms with E-state index in [1.165, 1.54) is 0 Å². The molecule has 0 aromatic heterocycles. The van der Waals surface area contributed by atoms with Crippen molar-refractivity contribution in [2.24, 2.45) is 5.73 Å².